The first-order chi connectivity index (χ1) is 15.8. The van der Waals surface area contributed by atoms with Gasteiger partial charge >= 0.3 is 5.97 Å². The van der Waals surface area contributed by atoms with Crippen LogP contribution >= 0.6 is 23.4 Å². The fraction of sp³-hybridized carbons (Fsp3) is 0.200. The Morgan fingerprint density at radius 1 is 1.21 bits per heavy atom. The summed E-state index contributed by atoms with van der Waals surface area (Å²) in [7, 11) is 0. The van der Waals surface area contributed by atoms with Crippen molar-refractivity contribution in [1.29, 1.82) is 0 Å². The van der Waals surface area contributed by atoms with Gasteiger partial charge in [0.1, 0.15) is 0 Å². The fourth-order valence-corrected chi connectivity index (χ4v) is 5.02. The van der Waals surface area contributed by atoms with Crippen LogP contribution in [0.2, 0.25) is 5.02 Å². The normalized spacial score (nSPS) is 16.8. The van der Waals surface area contributed by atoms with Crippen LogP contribution in [-0.2, 0) is 11.2 Å². The number of aryl methyl sites for hydroxylation is 2. The Kier molecular flexibility index (Phi) is 6.54. The van der Waals surface area contributed by atoms with E-state index < -0.39 is 5.97 Å². The lowest BCUT2D eigenvalue weighted by molar-refractivity contribution is -0.116. The number of amides is 1. The smallest absolute Gasteiger partial charge is 0.337 e. The van der Waals surface area contributed by atoms with Crippen molar-refractivity contribution in [1.82, 2.24) is 9.88 Å². The van der Waals surface area contributed by atoms with Crippen LogP contribution in [0.5, 0.6) is 0 Å². The van der Waals surface area contributed by atoms with Gasteiger partial charge in [-0.05, 0) is 73.9 Å². The van der Waals surface area contributed by atoms with Crippen LogP contribution in [0.3, 0.4) is 0 Å². The highest BCUT2D eigenvalue weighted by atomic mass is 35.5. The van der Waals surface area contributed by atoms with Crippen LogP contribution in [0.25, 0.3) is 11.8 Å². The summed E-state index contributed by atoms with van der Waals surface area (Å²) in [6, 6.07) is 15.1. The van der Waals surface area contributed by atoms with Gasteiger partial charge in [0.15, 0.2) is 5.50 Å². The second kappa shape index (κ2) is 9.37. The molecule has 0 unspecified atom stereocenters. The van der Waals surface area contributed by atoms with Crippen molar-refractivity contribution in [2.75, 3.05) is 5.32 Å². The molecule has 3 N–H and O–H groups in total. The molecule has 170 valence electrons. The van der Waals surface area contributed by atoms with Gasteiger partial charge in [0.25, 0.3) is 5.91 Å². The quantitative estimate of drug-likeness (QED) is 0.399. The van der Waals surface area contributed by atoms with E-state index >= 15 is 0 Å². The number of benzene rings is 2. The summed E-state index contributed by atoms with van der Waals surface area (Å²) < 4.78 is 1.96. The van der Waals surface area contributed by atoms with Crippen LogP contribution in [0.4, 0.5) is 5.69 Å². The molecule has 1 saturated heterocycles. The highest BCUT2D eigenvalue weighted by Gasteiger charge is 2.27. The third kappa shape index (κ3) is 4.79. The zero-order chi connectivity index (χ0) is 23.7. The number of carboxylic acid groups (broad SMARTS) is 1. The molecule has 0 aliphatic carbocycles. The Labute approximate surface area is 201 Å². The molecule has 1 aromatic heterocycles. The average Bonchev–Trinajstić information content (AvgIpc) is 3.26. The summed E-state index contributed by atoms with van der Waals surface area (Å²) in [4.78, 5) is 24.7. The van der Waals surface area contributed by atoms with Crippen LogP contribution in [-0.4, -0.2) is 27.0 Å². The van der Waals surface area contributed by atoms with Crippen molar-refractivity contribution in [3.05, 3.63) is 86.5 Å². The van der Waals surface area contributed by atoms with Crippen molar-refractivity contribution in [2.45, 2.75) is 32.7 Å². The topological polar surface area (TPSA) is 83.4 Å². The second-order valence-electron chi connectivity index (χ2n) is 7.81. The van der Waals surface area contributed by atoms with Crippen LogP contribution in [0.1, 0.15) is 39.8 Å². The monoisotopic (exact) mass is 481 g/mol. The number of hydrogen-bond acceptors (Lipinski definition) is 4. The predicted molar refractivity (Wildman–Crippen MR) is 134 cm³/mol. The standard InChI is InChI=1S/C25H24ClN3O3S/c1-4-16-5-7-18(8-6-16)27-25-28-23(30)22(33-25)12-17-11-14(2)29(15(17)3)19-9-10-21(26)20(13-19)24(31)32/h5-13,25,27H,4H2,1-3H3,(H,28,30)(H,31,32)/b22-12-/t25-/m1/s1. The molecule has 1 amide bonds. The molecule has 1 aliphatic heterocycles. The van der Waals surface area contributed by atoms with E-state index in [9.17, 15) is 14.7 Å². The molecule has 8 heteroatoms. The van der Waals surface area contributed by atoms with Gasteiger partial charge in [-0.15, -0.1) is 0 Å². The van der Waals surface area contributed by atoms with Gasteiger partial charge in [-0.3, -0.25) is 4.79 Å². The highest BCUT2D eigenvalue weighted by Crippen LogP contribution is 2.32. The first-order valence-electron chi connectivity index (χ1n) is 10.5. The number of anilines is 1. The van der Waals surface area contributed by atoms with Crippen molar-refractivity contribution in [2.24, 2.45) is 0 Å². The van der Waals surface area contributed by atoms with Gasteiger partial charge < -0.3 is 20.3 Å². The molecule has 0 spiro atoms. The van der Waals surface area contributed by atoms with Crippen molar-refractivity contribution < 1.29 is 14.7 Å². The summed E-state index contributed by atoms with van der Waals surface area (Å²) >= 11 is 7.46. The number of carbonyl (C=O) groups excluding carboxylic acids is 1. The summed E-state index contributed by atoms with van der Waals surface area (Å²) in [6.07, 6.45) is 2.85. The molecule has 0 bridgehead atoms. The van der Waals surface area contributed by atoms with Gasteiger partial charge in [0.2, 0.25) is 0 Å². The Morgan fingerprint density at radius 3 is 2.61 bits per heavy atom. The third-order valence-corrected chi connectivity index (χ3v) is 6.94. The molecule has 2 aromatic carbocycles. The molecular formula is C25H24ClN3O3S. The number of carbonyl (C=O) groups is 2. The Balaban J connectivity index is 1.58. The van der Waals surface area contributed by atoms with Gasteiger partial charge in [0, 0.05) is 22.8 Å². The van der Waals surface area contributed by atoms with E-state index in [0.717, 1.165) is 29.1 Å². The van der Waals surface area contributed by atoms with Crippen molar-refractivity contribution in [3.63, 3.8) is 0 Å². The van der Waals surface area contributed by atoms with Crippen LogP contribution in [0.15, 0.2) is 53.4 Å². The first-order valence-corrected chi connectivity index (χ1v) is 11.8. The highest BCUT2D eigenvalue weighted by molar-refractivity contribution is 8.05. The lowest BCUT2D eigenvalue weighted by Gasteiger charge is -2.13. The number of nitrogens with one attached hydrogen (secondary N) is 2. The number of thioether (sulfide) groups is 1. The maximum Gasteiger partial charge on any atom is 0.337 e. The van der Waals surface area contributed by atoms with Gasteiger partial charge in [-0.2, -0.15) is 0 Å². The van der Waals surface area contributed by atoms with E-state index in [1.165, 1.54) is 17.3 Å². The SMILES string of the molecule is CCc1ccc(N[C@@H]2NC(=O)/C(=C/c3cc(C)n(-c4ccc(Cl)c(C(=O)O)c4)c3C)S2)cc1. The summed E-state index contributed by atoms with van der Waals surface area (Å²) in [5.41, 5.74) is 5.42. The molecular weight excluding hydrogens is 458 g/mol. The second-order valence-corrected chi connectivity index (χ2v) is 9.36. The lowest BCUT2D eigenvalue weighted by atomic mass is 10.1. The Hall–Kier alpha value is -3.16. The maximum absolute atomic E-state index is 12.6. The number of rotatable bonds is 6. The van der Waals surface area contributed by atoms with Crippen LogP contribution < -0.4 is 10.6 Å². The summed E-state index contributed by atoms with van der Waals surface area (Å²) in [5.74, 6) is -1.21. The minimum atomic E-state index is -1.08. The molecule has 1 fully saturated rings. The van der Waals surface area contributed by atoms with Gasteiger partial charge in [-0.1, -0.05) is 42.4 Å². The average molecular weight is 482 g/mol. The maximum atomic E-state index is 12.6. The van der Waals surface area contributed by atoms with Crippen molar-refractivity contribution in [3.8, 4) is 5.69 Å². The molecule has 0 radical (unpaired) electrons. The summed E-state index contributed by atoms with van der Waals surface area (Å²) in [6.45, 7) is 5.99. The molecule has 4 rings (SSSR count). The number of hydrogen-bond donors (Lipinski definition) is 3. The number of carboxylic acids is 1. The van der Waals surface area contributed by atoms with E-state index in [1.807, 2.05) is 42.7 Å². The number of nitrogens with zero attached hydrogens (tertiary/aromatic N) is 1. The molecule has 0 saturated carbocycles. The Bertz CT molecular complexity index is 1260. The van der Waals surface area contributed by atoms with Gasteiger partial charge in [0.05, 0.1) is 15.5 Å². The fourth-order valence-electron chi connectivity index (χ4n) is 3.84. The third-order valence-electron chi connectivity index (χ3n) is 5.59. The molecule has 2 heterocycles. The van der Waals surface area contributed by atoms with E-state index in [2.05, 4.69) is 29.7 Å². The molecule has 1 aliphatic rings. The number of aromatic nitrogens is 1. The Morgan fingerprint density at radius 2 is 1.94 bits per heavy atom. The first kappa shape index (κ1) is 23.0. The predicted octanol–water partition coefficient (Wildman–Crippen LogP) is 5.61. The molecule has 33 heavy (non-hydrogen) atoms. The van der Waals surface area contributed by atoms with E-state index in [-0.39, 0.29) is 22.0 Å². The van der Waals surface area contributed by atoms with E-state index in [0.29, 0.717) is 10.6 Å². The molecule has 6 nitrogen and oxygen atoms in total. The van der Waals surface area contributed by atoms with E-state index in [4.69, 9.17) is 11.6 Å². The molecule has 3 aromatic rings. The van der Waals surface area contributed by atoms with Crippen LogP contribution in [0, 0.1) is 13.8 Å². The minimum absolute atomic E-state index is 0.0492. The van der Waals surface area contributed by atoms with Gasteiger partial charge in [-0.25, -0.2) is 4.79 Å². The van der Waals surface area contributed by atoms with E-state index in [1.54, 1.807) is 18.2 Å². The van der Waals surface area contributed by atoms with Crippen molar-refractivity contribution >= 4 is 47.0 Å². The number of aromatic carboxylic acids is 1. The largest absolute Gasteiger partial charge is 0.478 e. The number of halogens is 1. The minimum Gasteiger partial charge on any atom is -0.478 e. The lowest BCUT2D eigenvalue weighted by Crippen LogP contribution is -2.30. The zero-order valence-corrected chi connectivity index (χ0v) is 20.1. The summed E-state index contributed by atoms with van der Waals surface area (Å²) in [5, 5.41) is 15.9. The zero-order valence-electron chi connectivity index (χ0n) is 18.5. The molecule has 1 atom stereocenters.